The lowest BCUT2D eigenvalue weighted by atomic mass is 10.2. The maximum absolute atomic E-state index is 13.1. The van der Waals surface area contributed by atoms with Gasteiger partial charge < -0.3 is 18.7 Å². The van der Waals surface area contributed by atoms with Crippen LogP contribution in [0.2, 0.25) is 0 Å². The summed E-state index contributed by atoms with van der Waals surface area (Å²) in [5.41, 5.74) is 0.192. The summed E-state index contributed by atoms with van der Waals surface area (Å²) in [5.74, 6) is -0.304. The standard InChI is InChI=1S/C18H15FN4O6S3/c1-26-11-3-4-20-17(27-2)15(11)32(24,25)23-16-14-12(28-9-19)7-10(8-13(14)29-22-16)31-18-21-5-6-30-18/h3-8H,9H2,1-2H3,(H,22,23). The average Bonchev–Trinajstić information content (AvgIpc) is 3.43. The van der Waals surface area contributed by atoms with E-state index in [1.54, 1.807) is 18.3 Å². The van der Waals surface area contributed by atoms with Crippen molar-refractivity contribution in [1.29, 1.82) is 0 Å². The number of benzene rings is 1. The van der Waals surface area contributed by atoms with Crippen LogP contribution in [0.3, 0.4) is 0 Å². The molecule has 14 heteroatoms. The van der Waals surface area contributed by atoms with Gasteiger partial charge >= 0.3 is 0 Å². The highest BCUT2D eigenvalue weighted by Crippen LogP contribution is 2.40. The van der Waals surface area contributed by atoms with Gasteiger partial charge in [-0.05, 0) is 12.1 Å². The van der Waals surface area contributed by atoms with Gasteiger partial charge in [-0.1, -0.05) is 16.9 Å². The van der Waals surface area contributed by atoms with Gasteiger partial charge in [0.15, 0.2) is 20.6 Å². The van der Waals surface area contributed by atoms with Crippen LogP contribution in [0.4, 0.5) is 10.2 Å². The van der Waals surface area contributed by atoms with E-state index in [1.807, 2.05) is 5.38 Å². The van der Waals surface area contributed by atoms with Crippen molar-refractivity contribution in [3.8, 4) is 17.4 Å². The normalized spacial score (nSPS) is 11.5. The molecular weight excluding hydrogens is 483 g/mol. The van der Waals surface area contributed by atoms with Crippen molar-refractivity contribution in [1.82, 2.24) is 15.1 Å². The van der Waals surface area contributed by atoms with Crippen molar-refractivity contribution in [3.05, 3.63) is 36.0 Å². The summed E-state index contributed by atoms with van der Waals surface area (Å²) < 4.78 is 63.0. The van der Waals surface area contributed by atoms with Gasteiger partial charge in [0.05, 0.1) is 14.2 Å². The first-order chi connectivity index (χ1) is 15.5. The molecule has 0 unspecified atom stereocenters. The number of rotatable bonds is 9. The number of hydrogen-bond acceptors (Lipinski definition) is 11. The van der Waals surface area contributed by atoms with E-state index in [2.05, 4.69) is 19.8 Å². The van der Waals surface area contributed by atoms with Crippen molar-refractivity contribution in [3.63, 3.8) is 0 Å². The Morgan fingerprint density at radius 3 is 2.72 bits per heavy atom. The molecule has 1 N–H and O–H groups in total. The molecule has 4 rings (SSSR count). The fourth-order valence-electron chi connectivity index (χ4n) is 2.82. The van der Waals surface area contributed by atoms with E-state index in [1.165, 1.54) is 49.6 Å². The van der Waals surface area contributed by atoms with Crippen LogP contribution >= 0.6 is 23.1 Å². The van der Waals surface area contributed by atoms with Crippen LogP contribution in [0.25, 0.3) is 11.0 Å². The lowest BCUT2D eigenvalue weighted by Gasteiger charge is -2.13. The SMILES string of the molecule is COc1ccnc(OC)c1S(=O)(=O)Nc1noc2cc(Sc3nccs3)cc(OCF)c12. The number of hydrogen-bond donors (Lipinski definition) is 1. The van der Waals surface area contributed by atoms with Crippen molar-refractivity contribution in [2.24, 2.45) is 0 Å². The van der Waals surface area contributed by atoms with Gasteiger partial charge in [-0.15, -0.1) is 11.3 Å². The molecule has 0 amide bonds. The van der Waals surface area contributed by atoms with Crippen molar-refractivity contribution in [2.45, 2.75) is 14.1 Å². The number of sulfonamides is 1. The first kappa shape index (κ1) is 22.1. The molecule has 32 heavy (non-hydrogen) atoms. The predicted molar refractivity (Wildman–Crippen MR) is 115 cm³/mol. The van der Waals surface area contributed by atoms with Crippen LogP contribution < -0.4 is 18.9 Å². The Morgan fingerprint density at radius 2 is 2.03 bits per heavy atom. The zero-order valence-corrected chi connectivity index (χ0v) is 19.0. The van der Waals surface area contributed by atoms with E-state index in [0.29, 0.717) is 4.90 Å². The third-order valence-corrected chi connectivity index (χ3v) is 7.32. The molecule has 0 aliphatic heterocycles. The largest absolute Gasteiger partial charge is 0.495 e. The lowest BCUT2D eigenvalue weighted by molar-refractivity contribution is 0.193. The minimum atomic E-state index is -4.29. The summed E-state index contributed by atoms with van der Waals surface area (Å²) in [6.07, 6.45) is 3.00. The number of thiazole rings is 1. The molecule has 0 aliphatic rings. The van der Waals surface area contributed by atoms with Crippen molar-refractivity contribution in [2.75, 3.05) is 25.8 Å². The number of ether oxygens (including phenoxy) is 3. The molecule has 3 aromatic heterocycles. The smallest absolute Gasteiger partial charge is 0.272 e. The lowest BCUT2D eigenvalue weighted by Crippen LogP contribution is -2.16. The second-order valence-corrected chi connectivity index (χ2v) is 9.77. The molecule has 0 radical (unpaired) electrons. The van der Waals surface area contributed by atoms with Gasteiger partial charge in [-0.2, -0.15) is 0 Å². The summed E-state index contributed by atoms with van der Waals surface area (Å²) in [6, 6.07) is 4.55. The van der Waals surface area contributed by atoms with E-state index in [-0.39, 0.29) is 39.1 Å². The summed E-state index contributed by atoms with van der Waals surface area (Å²) in [6.45, 7) is -1.14. The monoisotopic (exact) mass is 498 g/mol. The fraction of sp³-hybridized carbons (Fsp3) is 0.167. The summed E-state index contributed by atoms with van der Waals surface area (Å²) in [5, 5.41) is 5.78. The fourth-order valence-corrected chi connectivity index (χ4v) is 5.75. The second kappa shape index (κ2) is 9.18. The van der Waals surface area contributed by atoms with E-state index < -0.39 is 16.9 Å². The van der Waals surface area contributed by atoms with Crippen molar-refractivity contribution < 1.29 is 31.5 Å². The zero-order valence-electron chi connectivity index (χ0n) is 16.6. The molecule has 0 bridgehead atoms. The summed E-state index contributed by atoms with van der Waals surface area (Å²) >= 11 is 2.74. The molecule has 1 aromatic carbocycles. The highest BCUT2D eigenvalue weighted by atomic mass is 32.2. The van der Waals surface area contributed by atoms with Crippen LogP contribution in [0.1, 0.15) is 0 Å². The Balaban J connectivity index is 1.77. The Hall–Kier alpha value is -3.10. The number of aromatic nitrogens is 3. The van der Waals surface area contributed by atoms with Gasteiger partial charge in [-0.3, -0.25) is 4.72 Å². The van der Waals surface area contributed by atoms with E-state index in [0.717, 1.165) is 4.34 Å². The third kappa shape index (κ3) is 4.28. The number of methoxy groups -OCH3 is 2. The number of nitrogens with one attached hydrogen (secondary N) is 1. The van der Waals surface area contributed by atoms with Crippen LogP contribution in [-0.2, 0) is 10.0 Å². The molecule has 0 spiro atoms. The minimum absolute atomic E-state index is 0.0134. The molecule has 0 atom stereocenters. The maximum atomic E-state index is 13.1. The average molecular weight is 499 g/mol. The molecule has 10 nitrogen and oxygen atoms in total. The molecular formula is C18H15FN4O6S3. The summed E-state index contributed by atoms with van der Waals surface area (Å²) in [4.78, 5) is 8.42. The van der Waals surface area contributed by atoms with E-state index >= 15 is 0 Å². The molecule has 4 aromatic rings. The molecule has 0 saturated heterocycles. The highest BCUT2D eigenvalue weighted by Gasteiger charge is 2.29. The quantitative estimate of drug-likeness (QED) is 0.362. The Bertz CT molecular complexity index is 1320. The molecule has 168 valence electrons. The van der Waals surface area contributed by atoms with Crippen LogP contribution in [0, 0.1) is 0 Å². The van der Waals surface area contributed by atoms with Gasteiger partial charge in [0.2, 0.25) is 12.7 Å². The van der Waals surface area contributed by atoms with Crippen molar-refractivity contribution >= 4 is 49.9 Å². The van der Waals surface area contributed by atoms with E-state index in [4.69, 9.17) is 18.7 Å². The number of fused-ring (bicyclic) bond motifs is 1. The Morgan fingerprint density at radius 1 is 1.19 bits per heavy atom. The number of anilines is 1. The van der Waals surface area contributed by atoms with Crippen LogP contribution in [-0.4, -0.2) is 44.6 Å². The molecule has 3 heterocycles. The first-order valence-electron chi connectivity index (χ1n) is 8.76. The Labute approximate surface area is 189 Å². The van der Waals surface area contributed by atoms with Gasteiger partial charge in [0, 0.05) is 28.7 Å². The highest BCUT2D eigenvalue weighted by molar-refractivity contribution is 8.01. The van der Waals surface area contributed by atoms with Gasteiger partial charge in [0.25, 0.3) is 10.0 Å². The number of nitrogens with zero attached hydrogens (tertiary/aromatic N) is 3. The Kier molecular flexibility index (Phi) is 6.34. The number of pyridine rings is 1. The third-order valence-electron chi connectivity index (χ3n) is 4.09. The minimum Gasteiger partial charge on any atom is -0.495 e. The molecule has 0 saturated carbocycles. The van der Waals surface area contributed by atoms with Crippen LogP contribution in [0.15, 0.2) is 54.6 Å². The first-order valence-corrected chi connectivity index (χ1v) is 11.9. The number of alkyl halides is 1. The molecule has 0 aliphatic carbocycles. The van der Waals surface area contributed by atoms with Gasteiger partial charge in [-0.25, -0.2) is 22.8 Å². The predicted octanol–water partition coefficient (Wildman–Crippen LogP) is 3.95. The van der Waals surface area contributed by atoms with Gasteiger partial charge in [0.1, 0.15) is 16.9 Å². The molecule has 0 fully saturated rings. The topological polar surface area (TPSA) is 126 Å². The van der Waals surface area contributed by atoms with E-state index in [9.17, 15) is 12.8 Å². The maximum Gasteiger partial charge on any atom is 0.272 e. The zero-order chi connectivity index (χ0) is 22.7. The summed E-state index contributed by atoms with van der Waals surface area (Å²) in [7, 11) is -1.70. The van der Waals surface area contributed by atoms with Crippen LogP contribution in [0.5, 0.6) is 17.4 Å². The number of halogens is 1. The second-order valence-electron chi connectivity index (χ2n) is 5.94.